The van der Waals surface area contributed by atoms with E-state index < -0.39 is 0 Å². The van der Waals surface area contributed by atoms with E-state index in [1.807, 2.05) is 12.1 Å². The van der Waals surface area contributed by atoms with Gasteiger partial charge in [-0.1, -0.05) is 12.1 Å². The number of hydrogen-bond donors (Lipinski definition) is 0. The number of ether oxygens (including phenoxy) is 3. The Hall–Kier alpha value is -2.77. The summed E-state index contributed by atoms with van der Waals surface area (Å²) in [6.07, 6.45) is 3.67. The summed E-state index contributed by atoms with van der Waals surface area (Å²) < 4.78 is 16.0. The summed E-state index contributed by atoms with van der Waals surface area (Å²) in [7, 11) is 1.55. The molecule has 1 saturated heterocycles. The largest absolute Gasteiger partial charge is 0.493 e. The maximum absolute atomic E-state index is 12.8. The van der Waals surface area contributed by atoms with Crippen molar-refractivity contribution in [3.05, 3.63) is 24.3 Å². The molecule has 1 aliphatic carbocycles. The topological polar surface area (TPSA) is 85.4 Å². The average Bonchev–Trinajstić information content (AvgIpc) is 3.63. The number of benzene rings is 1. The number of likely N-dealkylation sites (tertiary alicyclic amines) is 1. The standard InChI is InChI=1S/C23H32N2O6/c1-3-30-23(28)17-7-6-13-24(15-17)21(26)12-14-25(18-10-11-18)22(27)16-31-20-9-5-4-8-19(20)29-2/h4-5,8-9,17-18H,3,6-7,10-16H2,1-2H3. The van der Waals surface area contributed by atoms with Gasteiger partial charge >= 0.3 is 5.97 Å². The molecule has 8 heteroatoms. The number of carbonyl (C=O) groups is 3. The minimum atomic E-state index is -0.256. The summed E-state index contributed by atoms with van der Waals surface area (Å²) in [5.41, 5.74) is 0. The highest BCUT2D eigenvalue weighted by Gasteiger charge is 2.34. The molecule has 1 atom stereocenters. The van der Waals surface area contributed by atoms with E-state index in [2.05, 4.69) is 0 Å². The predicted molar refractivity (Wildman–Crippen MR) is 114 cm³/mol. The highest BCUT2D eigenvalue weighted by Crippen LogP contribution is 2.29. The molecular weight excluding hydrogens is 400 g/mol. The summed E-state index contributed by atoms with van der Waals surface area (Å²) in [5, 5.41) is 0. The second-order valence-electron chi connectivity index (χ2n) is 7.94. The third-order valence-corrected chi connectivity index (χ3v) is 5.69. The predicted octanol–water partition coefficient (Wildman–Crippen LogP) is 2.26. The minimum absolute atomic E-state index is 0.0295. The van der Waals surface area contributed by atoms with Crippen molar-refractivity contribution >= 4 is 17.8 Å². The van der Waals surface area contributed by atoms with E-state index in [1.165, 1.54) is 0 Å². The zero-order chi connectivity index (χ0) is 22.2. The van der Waals surface area contributed by atoms with Crippen molar-refractivity contribution in [2.24, 2.45) is 5.92 Å². The van der Waals surface area contributed by atoms with Crippen LogP contribution in [0.15, 0.2) is 24.3 Å². The van der Waals surface area contributed by atoms with E-state index in [4.69, 9.17) is 14.2 Å². The molecule has 2 fully saturated rings. The lowest BCUT2D eigenvalue weighted by molar-refractivity contribution is -0.151. The van der Waals surface area contributed by atoms with E-state index >= 15 is 0 Å². The molecule has 1 heterocycles. The third-order valence-electron chi connectivity index (χ3n) is 5.69. The first kappa shape index (κ1) is 22.9. The molecule has 1 unspecified atom stereocenters. The molecule has 1 saturated carbocycles. The molecule has 0 N–H and O–H groups in total. The van der Waals surface area contributed by atoms with Crippen LogP contribution in [0.4, 0.5) is 0 Å². The van der Waals surface area contributed by atoms with Crippen LogP contribution in [-0.4, -0.2) is 73.6 Å². The van der Waals surface area contributed by atoms with E-state index in [9.17, 15) is 14.4 Å². The smallest absolute Gasteiger partial charge is 0.310 e. The molecule has 1 aliphatic heterocycles. The van der Waals surface area contributed by atoms with Gasteiger partial charge in [0.15, 0.2) is 18.1 Å². The molecule has 0 spiro atoms. The lowest BCUT2D eigenvalue weighted by atomic mass is 9.98. The Morgan fingerprint density at radius 2 is 1.87 bits per heavy atom. The van der Waals surface area contributed by atoms with Crippen LogP contribution in [0.3, 0.4) is 0 Å². The van der Waals surface area contributed by atoms with Crippen molar-refractivity contribution in [1.29, 1.82) is 0 Å². The van der Waals surface area contributed by atoms with Crippen molar-refractivity contribution in [1.82, 2.24) is 9.80 Å². The molecular formula is C23H32N2O6. The second kappa shape index (κ2) is 11.0. The van der Waals surface area contributed by atoms with Crippen molar-refractivity contribution in [3.63, 3.8) is 0 Å². The van der Waals surface area contributed by atoms with Crippen LogP contribution in [0, 0.1) is 5.92 Å². The number of para-hydroxylation sites is 2. The van der Waals surface area contributed by atoms with Gasteiger partial charge < -0.3 is 24.0 Å². The van der Waals surface area contributed by atoms with Gasteiger partial charge in [0.1, 0.15) is 0 Å². The Morgan fingerprint density at radius 1 is 1.13 bits per heavy atom. The number of carbonyl (C=O) groups excluding carboxylic acids is 3. The van der Waals surface area contributed by atoms with E-state index in [0.717, 1.165) is 25.7 Å². The fourth-order valence-electron chi connectivity index (χ4n) is 3.89. The fraction of sp³-hybridized carbons (Fsp3) is 0.609. The number of methoxy groups -OCH3 is 1. The first-order chi connectivity index (χ1) is 15.0. The highest BCUT2D eigenvalue weighted by molar-refractivity contribution is 5.81. The normalized spacial score (nSPS) is 18.3. The van der Waals surface area contributed by atoms with Crippen LogP contribution in [0.25, 0.3) is 0 Å². The molecule has 31 heavy (non-hydrogen) atoms. The monoisotopic (exact) mass is 432 g/mol. The molecule has 0 aromatic heterocycles. The highest BCUT2D eigenvalue weighted by atomic mass is 16.5. The van der Waals surface area contributed by atoms with Gasteiger partial charge in [-0.3, -0.25) is 14.4 Å². The number of nitrogens with zero attached hydrogens (tertiary/aromatic N) is 2. The lowest BCUT2D eigenvalue weighted by Gasteiger charge is -2.32. The third kappa shape index (κ3) is 6.35. The molecule has 170 valence electrons. The van der Waals surface area contributed by atoms with Gasteiger partial charge in [-0.15, -0.1) is 0 Å². The summed E-state index contributed by atoms with van der Waals surface area (Å²) in [4.78, 5) is 41.0. The van der Waals surface area contributed by atoms with Crippen LogP contribution >= 0.6 is 0 Å². The molecule has 1 aromatic carbocycles. The van der Waals surface area contributed by atoms with Crippen LogP contribution in [-0.2, 0) is 19.1 Å². The summed E-state index contributed by atoms with van der Waals surface area (Å²) in [6.45, 7) is 3.43. The van der Waals surface area contributed by atoms with E-state index in [-0.39, 0.29) is 42.8 Å². The van der Waals surface area contributed by atoms with Gasteiger partial charge in [-0.25, -0.2) is 0 Å². The van der Waals surface area contributed by atoms with Crippen LogP contribution in [0.5, 0.6) is 11.5 Å². The number of piperidine rings is 1. The number of rotatable bonds is 10. The van der Waals surface area contributed by atoms with E-state index in [1.54, 1.807) is 36.0 Å². The Bertz CT molecular complexity index is 779. The molecule has 2 aliphatic rings. The van der Waals surface area contributed by atoms with Gasteiger partial charge in [-0.05, 0) is 44.7 Å². The van der Waals surface area contributed by atoms with Crippen molar-refractivity contribution in [2.75, 3.05) is 40.0 Å². The molecule has 2 amide bonds. The van der Waals surface area contributed by atoms with E-state index in [0.29, 0.717) is 37.7 Å². The number of esters is 1. The summed E-state index contributed by atoms with van der Waals surface area (Å²) >= 11 is 0. The van der Waals surface area contributed by atoms with Crippen LogP contribution in [0.1, 0.15) is 39.0 Å². The summed E-state index contributed by atoms with van der Waals surface area (Å²) in [6, 6.07) is 7.37. The Balaban J connectivity index is 1.50. The zero-order valence-corrected chi connectivity index (χ0v) is 18.4. The van der Waals surface area contributed by atoms with Gasteiger partial charge in [0.25, 0.3) is 5.91 Å². The lowest BCUT2D eigenvalue weighted by Crippen LogP contribution is -2.45. The number of hydrogen-bond acceptors (Lipinski definition) is 6. The molecule has 8 nitrogen and oxygen atoms in total. The van der Waals surface area contributed by atoms with Gasteiger partial charge in [0, 0.05) is 32.1 Å². The molecule has 0 bridgehead atoms. The average molecular weight is 433 g/mol. The fourth-order valence-corrected chi connectivity index (χ4v) is 3.89. The molecule has 0 radical (unpaired) electrons. The van der Waals surface area contributed by atoms with Crippen molar-refractivity contribution in [3.8, 4) is 11.5 Å². The summed E-state index contributed by atoms with van der Waals surface area (Å²) in [5.74, 6) is 0.437. The van der Waals surface area contributed by atoms with Gasteiger partial charge in [0.05, 0.1) is 19.6 Å². The zero-order valence-electron chi connectivity index (χ0n) is 18.4. The molecule has 1 aromatic rings. The van der Waals surface area contributed by atoms with Gasteiger partial charge in [0.2, 0.25) is 5.91 Å². The number of amides is 2. The van der Waals surface area contributed by atoms with Gasteiger partial charge in [-0.2, -0.15) is 0 Å². The Morgan fingerprint density at radius 3 is 2.55 bits per heavy atom. The quantitative estimate of drug-likeness (QED) is 0.527. The first-order valence-electron chi connectivity index (χ1n) is 11.0. The maximum Gasteiger partial charge on any atom is 0.310 e. The van der Waals surface area contributed by atoms with Crippen molar-refractivity contribution < 1.29 is 28.6 Å². The second-order valence-corrected chi connectivity index (χ2v) is 7.94. The first-order valence-corrected chi connectivity index (χ1v) is 11.0. The van der Waals surface area contributed by atoms with Crippen molar-refractivity contribution in [2.45, 2.75) is 45.1 Å². The Labute approximate surface area is 183 Å². The van der Waals surface area contributed by atoms with Crippen LogP contribution < -0.4 is 9.47 Å². The van der Waals surface area contributed by atoms with Crippen LogP contribution in [0.2, 0.25) is 0 Å². The Kier molecular flexibility index (Phi) is 8.14. The SMILES string of the molecule is CCOC(=O)C1CCCN(C(=O)CCN(C(=O)COc2ccccc2OC)C2CC2)C1. The molecule has 3 rings (SSSR count). The minimum Gasteiger partial charge on any atom is -0.493 e. The maximum atomic E-state index is 12.8.